The molecule has 96 valence electrons. The zero-order chi connectivity index (χ0) is 13.8. The number of aliphatic carboxylic acids is 1. The maximum Gasteiger partial charge on any atom is 0.329 e. The predicted molar refractivity (Wildman–Crippen MR) is 70.7 cm³/mol. The number of carbonyl (C=O) groups is 1. The summed E-state index contributed by atoms with van der Waals surface area (Å²) in [6, 6.07) is 6.75. The Morgan fingerprint density at radius 3 is 2.78 bits per heavy atom. The van der Waals surface area contributed by atoms with E-state index >= 15 is 0 Å². The minimum Gasteiger partial charge on any atom is -0.480 e. The molecule has 0 heterocycles. The zero-order valence-electron chi connectivity index (χ0n) is 10.3. The van der Waals surface area contributed by atoms with Crippen molar-refractivity contribution in [2.24, 2.45) is 0 Å². The van der Waals surface area contributed by atoms with Gasteiger partial charge in [0.2, 0.25) is 0 Å². The predicted octanol–water partition coefficient (Wildman–Crippen LogP) is 3.27. The van der Waals surface area contributed by atoms with Crippen molar-refractivity contribution in [2.75, 3.05) is 5.32 Å². The Morgan fingerprint density at radius 2 is 2.28 bits per heavy atom. The molecule has 0 radical (unpaired) electrons. The molecule has 0 aromatic heterocycles. The zero-order valence-corrected chi connectivity index (χ0v) is 11.1. The maximum absolute atomic E-state index is 11.3. The fourth-order valence-corrected chi connectivity index (χ4v) is 1.91. The fraction of sp³-hybridized carbons (Fsp3) is 0.385. The third-order valence-electron chi connectivity index (χ3n) is 2.73. The number of carboxylic acids is 1. The highest BCUT2D eigenvalue weighted by molar-refractivity contribution is 6.30. The Kier molecular flexibility index (Phi) is 4.57. The van der Waals surface area contributed by atoms with Gasteiger partial charge in [-0.3, -0.25) is 0 Å². The number of halogens is 1. The van der Waals surface area contributed by atoms with Crippen LogP contribution < -0.4 is 5.32 Å². The molecule has 0 bridgehead atoms. The summed E-state index contributed by atoms with van der Waals surface area (Å²) in [5.41, 5.74) is -0.281. The van der Waals surface area contributed by atoms with E-state index in [1.807, 2.05) is 13.0 Å². The van der Waals surface area contributed by atoms with Gasteiger partial charge in [-0.2, -0.15) is 5.26 Å². The van der Waals surface area contributed by atoms with Gasteiger partial charge in [-0.25, -0.2) is 4.79 Å². The fourth-order valence-electron chi connectivity index (χ4n) is 1.74. The van der Waals surface area contributed by atoms with Gasteiger partial charge in [0.15, 0.2) is 0 Å². The van der Waals surface area contributed by atoms with Crippen LogP contribution in [-0.4, -0.2) is 16.6 Å². The van der Waals surface area contributed by atoms with Gasteiger partial charge >= 0.3 is 5.97 Å². The van der Waals surface area contributed by atoms with Crippen LogP contribution in [0.3, 0.4) is 0 Å². The third-order valence-corrected chi connectivity index (χ3v) is 2.97. The van der Waals surface area contributed by atoms with Crippen molar-refractivity contribution in [3.8, 4) is 6.07 Å². The van der Waals surface area contributed by atoms with Crippen molar-refractivity contribution < 1.29 is 9.90 Å². The molecule has 18 heavy (non-hydrogen) atoms. The van der Waals surface area contributed by atoms with E-state index in [0.29, 0.717) is 22.7 Å². The average Bonchev–Trinajstić information content (AvgIpc) is 2.29. The lowest BCUT2D eigenvalue weighted by atomic mass is 9.95. The molecule has 0 spiro atoms. The normalized spacial score (nSPS) is 13.4. The first-order valence-electron chi connectivity index (χ1n) is 5.64. The van der Waals surface area contributed by atoms with Crippen LogP contribution in [0.2, 0.25) is 5.02 Å². The van der Waals surface area contributed by atoms with E-state index in [9.17, 15) is 9.90 Å². The second-order valence-electron chi connectivity index (χ2n) is 4.31. The van der Waals surface area contributed by atoms with E-state index in [0.717, 1.165) is 6.42 Å². The molecule has 0 aliphatic carbocycles. The standard InChI is InChI=1S/C13H15ClN2O2/c1-3-6-13(2,12(17)18)16-11-7-10(14)5-4-9(11)8-15/h4-5,7,16H,3,6H2,1-2H3,(H,17,18). The highest BCUT2D eigenvalue weighted by Gasteiger charge is 2.32. The average molecular weight is 267 g/mol. The highest BCUT2D eigenvalue weighted by Crippen LogP contribution is 2.26. The molecule has 0 saturated heterocycles. The van der Waals surface area contributed by atoms with Crippen LogP contribution in [-0.2, 0) is 4.79 Å². The van der Waals surface area contributed by atoms with Gasteiger partial charge < -0.3 is 10.4 Å². The van der Waals surface area contributed by atoms with E-state index < -0.39 is 11.5 Å². The number of rotatable bonds is 5. The third kappa shape index (κ3) is 3.14. The second-order valence-corrected chi connectivity index (χ2v) is 4.75. The topological polar surface area (TPSA) is 73.1 Å². The highest BCUT2D eigenvalue weighted by atomic mass is 35.5. The van der Waals surface area contributed by atoms with Crippen molar-refractivity contribution in [3.63, 3.8) is 0 Å². The number of carboxylic acid groups (broad SMARTS) is 1. The summed E-state index contributed by atoms with van der Waals surface area (Å²) in [6.45, 7) is 3.51. The number of nitriles is 1. The molecule has 0 aliphatic rings. The lowest BCUT2D eigenvalue weighted by Gasteiger charge is -2.27. The summed E-state index contributed by atoms with van der Waals surface area (Å²) in [6.07, 6.45) is 1.18. The molecule has 0 fully saturated rings. The Morgan fingerprint density at radius 1 is 1.61 bits per heavy atom. The Balaban J connectivity index is 3.12. The van der Waals surface area contributed by atoms with Crippen LogP contribution in [0, 0.1) is 11.3 Å². The van der Waals surface area contributed by atoms with Gasteiger partial charge in [-0.05, 0) is 31.5 Å². The summed E-state index contributed by atoms with van der Waals surface area (Å²) in [5.74, 6) is -0.951. The minimum absolute atomic E-state index is 0.378. The van der Waals surface area contributed by atoms with Crippen molar-refractivity contribution in [3.05, 3.63) is 28.8 Å². The first-order valence-corrected chi connectivity index (χ1v) is 6.02. The molecular weight excluding hydrogens is 252 g/mol. The van der Waals surface area contributed by atoms with E-state index in [4.69, 9.17) is 16.9 Å². The molecule has 1 atom stereocenters. The van der Waals surface area contributed by atoms with Gasteiger partial charge in [0.1, 0.15) is 11.6 Å². The lowest BCUT2D eigenvalue weighted by Crippen LogP contribution is -2.43. The SMILES string of the molecule is CCCC(C)(Nc1cc(Cl)ccc1C#N)C(=O)O. The van der Waals surface area contributed by atoms with Crippen LogP contribution >= 0.6 is 11.6 Å². The summed E-state index contributed by atoms with van der Waals surface area (Å²) in [5, 5.41) is 21.6. The Bertz CT molecular complexity index is 496. The number of nitrogens with one attached hydrogen (secondary N) is 1. The van der Waals surface area contributed by atoms with E-state index in [1.165, 1.54) is 0 Å². The Labute approximate surface area is 111 Å². The molecule has 2 N–H and O–H groups in total. The van der Waals surface area contributed by atoms with Crippen molar-refractivity contribution in [2.45, 2.75) is 32.2 Å². The number of anilines is 1. The van der Waals surface area contributed by atoms with Gasteiger partial charge in [0, 0.05) is 5.02 Å². The molecule has 1 unspecified atom stereocenters. The summed E-state index contributed by atoms with van der Waals surface area (Å²) in [7, 11) is 0. The van der Waals surface area contributed by atoms with Crippen molar-refractivity contribution >= 4 is 23.3 Å². The van der Waals surface area contributed by atoms with E-state index in [-0.39, 0.29) is 0 Å². The maximum atomic E-state index is 11.3. The number of hydrogen-bond acceptors (Lipinski definition) is 3. The van der Waals surface area contributed by atoms with Crippen molar-refractivity contribution in [1.29, 1.82) is 5.26 Å². The smallest absolute Gasteiger partial charge is 0.329 e. The molecule has 0 saturated carbocycles. The number of benzene rings is 1. The van der Waals surface area contributed by atoms with Gasteiger partial charge in [-0.15, -0.1) is 0 Å². The van der Waals surface area contributed by atoms with Crippen LogP contribution in [0.25, 0.3) is 0 Å². The summed E-state index contributed by atoms with van der Waals surface area (Å²) >= 11 is 5.86. The monoisotopic (exact) mass is 266 g/mol. The van der Waals surface area contributed by atoms with Crippen molar-refractivity contribution in [1.82, 2.24) is 0 Å². The lowest BCUT2D eigenvalue weighted by molar-refractivity contribution is -0.141. The van der Waals surface area contributed by atoms with E-state index in [1.54, 1.807) is 25.1 Å². The first kappa shape index (κ1) is 14.3. The number of hydrogen-bond donors (Lipinski definition) is 2. The summed E-state index contributed by atoms with van der Waals surface area (Å²) < 4.78 is 0. The molecule has 0 amide bonds. The molecule has 1 aromatic rings. The molecule has 1 rings (SSSR count). The molecular formula is C13H15ClN2O2. The van der Waals surface area contributed by atoms with Gasteiger partial charge in [0.25, 0.3) is 0 Å². The second kappa shape index (κ2) is 5.74. The first-order chi connectivity index (χ1) is 8.42. The molecule has 5 heteroatoms. The minimum atomic E-state index is -1.11. The van der Waals surface area contributed by atoms with Gasteiger partial charge in [-0.1, -0.05) is 24.9 Å². The molecule has 1 aromatic carbocycles. The van der Waals surface area contributed by atoms with Gasteiger partial charge in [0.05, 0.1) is 11.3 Å². The molecule has 4 nitrogen and oxygen atoms in total. The van der Waals surface area contributed by atoms with Crippen LogP contribution in [0.4, 0.5) is 5.69 Å². The largest absolute Gasteiger partial charge is 0.480 e. The Hall–Kier alpha value is -1.73. The quantitative estimate of drug-likeness (QED) is 0.858. The van der Waals surface area contributed by atoms with Crippen LogP contribution in [0.15, 0.2) is 18.2 Å². The van der Waals surface area contributed by atoms with Crippen LogP contribution in [0.1, 0.15) is 32.3 Å². The van der Waals surface area contributed by atoms with E-state index in [2.05, 4.69) is 5.32 Å². The number of nitrogens with zero attached hydrogens (tertiary/aromatic N) is 1. The summed E-state index contributed by atoms with van der Waals surface area (Å²) in [4.78, 5) is 11.3. The van der Waals surface area contributed by atoms with Crippen LogP contribution in [0.5, 0.6) is 0 Å². The molecule has 0 aliphatic heterocycles.